The van der Waals surface area contributed by atoms with Crippen LogP contribution in [0.3, 0.4) is 0 Å². The van der Waals surface area contributed by atoms with Crippen LogP contribution in [0.25, 0.3) is 0 Å². The normalized spacial score (nSPS) is 11.5. The molecule has 1 heterocycles. The highest BCUT2D eigenvalue weighted by atomic mass is 16.5. The number of rotatable bonds is 7. The molecule has 0 bridgehead atoms. The van der Waals surface area contributed by atoms with Gasteiger partial charge in [0.2, 0.25) is 0 Å². The van der Waals surface area contributed by atoms with E-state index >= 15 is 0 Å². The molecule has 0 aliphatic heterocycles. The van der Waals surface area contributed by atoms with E-state index in [1.54, 1.807) is 14.2 Å². The molecular formula is C17H25N3O2. The van der Waals surface area contributed by atoms with E-state index in [1.807, 2.05) is 25.3 Å². The fourth-order valence-electron chi connectivity index (χ4n) is 2.42. The summed E-state index contributed by atoms with van der Waals surface area (Å²) >= 11 is 0. The van der Waals surface area contributed by atoms with Gasteiger partial charge in [-0.15, -0.1) is 0 Å². The highest BCUT2D eigenvalue weighted by molar-refractivity contribution is 5.45. The largest absolute Gasteiger partial charge is 0.493 e. The first-order chi connectivity index (χ1) is 10.5. The zero-order valence-corrected chi connectivity index (χ0v) is 14.0. The van der Waals surface area contributed by atoms with Gasteiger partial charge in [0.25, 0.3) is 0 Å². The zero-order chi connectivity index (χ0) is 16.2. The molecule has 0 fully saturated rings. The van der Waals surface area contributed by atoms with Crippen molar-refractivity contribution in [3.63, 3.8) is 0 Å². The third-order valence-corrected chi connectivity index (χ3v) is 3.98. The molecule has 0 aliphatic carbocycles. The van der Waals surface area contributed by atoms with E-state index in [0.29, 0.717) is 0 Å². The fraction of sp³-hybridized carbons (Fsp3) is 0.471. The molecule has 1 aromatic carbocycles. The van der Waals surface area contributed by atoms with Gasteiger partial charge < -0.3 is 14.8 Å². The highest BCUT2D eigenvalue weighted by Crippen LogP contribution is 2.32. The average Bonchev–Trinajstić information content (AvgIpc) is 2.91. The van der Waals surface area contributed by atoms with Crippen molar-refractivity contribution >= 4 is 0 Å². The molecule has 0 saturated carbocycles. The van der Waals surface area contributed by atoms with E-state index in [2.05, 4.69) is 35.4 Å². The van der Waals surface area contributed by atoms with E-state index in [1.165, 1.54) is 11.1 Å². The minimum Gasteiger partial charge on any atom is -0.493 e. The summed E-state index contributed by atoms with van der Waals surface area (Å²) in [7, 11) is 3.31. The zero-order valence-electron chi connectivity index (χ0n) is 14.0. The van der Waals surface area contributed by atoms with Crippen molar-refractivity contribution < 1.29 is 9.47 Å². The first kappa shape index (κ1) is 16.4. The molecular weight excluding hydrogens is 278 g/mol. The molecule has 0 unspecified atom stereocenters. The van der Waals surface area contributed by atoms with E-state index in [9.17, 15) is 0 Å². The Kier molecular flexibility index (Phi) is 5.08. The Labute approximate surface area is 132 Å². The fourth-order valence-corrected chi connectivity index (χ4v) is 2.42. The number of H-pyrrole nitrogens is 1. The van der Waals surface area contributed by atoms with Crippen LogP contribution in [0.1, 0.15) is 30.7 Å². The van der Waals surface area contributed by atoms with Crippen molar-refractivity contribution in [1.82, 2.24) is 15.5 Å². The van der Waals surface area contributed by atoms with Crippen LogP contribution in [0.5, 0.6) is 11.5 Å². The third-order valence-electron chi connectivity index (χ3n) is 3.98. The van der Waals surface area contributed by atoms with E-state index in [-0.39, 0.29) is 5.41 Å². The molecule has 0 amide bonds. The maximum absolute atomic E-state index is 5.39. The van der Waals surface area contributed by atoms with Gasteiger partial charge in [-0.05, 0) is 24.6 Å². The SMILES string of the molecule is COc1ccc(C(C)(C)CNCc2cn[nH]c2C)cc1OC. The molecule has 5 heteroatoms. The average molecular weight is 303 g/mol. The monoisotopic (exact) mass is 303 g/mol. The van der Waals surface area contributed by atoms with Crippen LogP contribution in [-0.2, 0) is 12.0 Å². The molecule has 5 nitrogen and oxygen atoms in total. The number of methoxy groups -OCH3 is 2. The molecule has 0 aliphatic rings. The van der Waals surface area contributed by atoms with Crippen LogP contribution in [0.4, 0.5) is 0 Å². The maximum Gasteiger partial charge on any atom is 0.161 e. The molecule has 0 atom stereocenters. The highest BCUT2D eigenvalue weighted by Gasteiger charge is 2.22. The van der Waals surface area contributed by atoms with Crippen LogP contribution < -0.4 is 14.8 Å². The summed E-state index contributed by atoms with van der Waals surface area (Å²) < 4.78 is 10.7. The molecule has 0 saturated heterocycles. The Balaban J connectivity index is 2.04. The van der Waals surface area contributed by atoms with Crippen LogP contribution >= 0.6 is 0 Å². The third kappa shape index (κ3) is 3.60. The Morgan fingerprint density at radius 3 is 2.50 bits per heavy atom. The molecule has 22 heavy (non-hydrogen) atoms. The second-order valence-corrected chi connectivity index (χ2v) is 6.08. The van der Waals surface area contributed by atoms with Gasteiger partial charge >= 0.3 is 0 Å². The van der Waals surface area contributed by atoms with Gasteiger partial charge in [-0.25, -0.2) is 0 Å². The summed E-state index contributed by atoms with van der Waals surface area (Å²) in [6.07, 6.45) is 1.87. The molecule has 120 valence electrons. The quantitative estimate of drug-likeness (QED) is 0.826. The molecule has 2 aromatic rings. The molecule has 2 rings (SSSR count). The van der Waals surface area contributed by atoms with Gasteiger partial charge in [-0.2, -0.15) is 5.10 Å². The summed E-state index contributed by atoms with van der Waals surface area (Å²) in [5.41, 5.74) is 3.50. The summed E-state index contributed by atoms with van der Waals surface area (Å²) in [5.74, 6) is 1.52. The lowest BCUT2D eigenvalue weighted by atomic mass is 9.84. The Hall–Kier alpha value is -2.01. The standard InChI is InChI=1S/C17H25N3O2/c1-12-13(10-19-20-12)9-18-11-17(2,3)14-6-7-15(21-4)16(8-14)22-5/h6-8,10,18H,9,11H2,1-5H3,(H,19,20). The van der Waals surface area contributed by atoms with Crippen LogP contribution in [0.2, 0.25) is 0 Å². The van der Waals surface area contributed by atoms with Crippen LogP contribution in [-0.4, -0.2) is 31.0 Å². The van der Waals surface area contributed by atoms with Crippen molar-refractivity contribution in [2.24, 2.45) is 0 Å². The first-order valence-electron chi connectivity index (χ1n) is 7.40. The lowest BCUT2D eigenvalue weighted by molar-refractivity contribution is 0.353. The van der Waals surface area contributed by atoms with E-state index in [4.69, 9.17) is 9.47 Å². The number of benzene rings is 1. The van der Waals surface area contributed by atoms with Crippen molar-refractivity contribution in [3.05, 3.63) is 41.2 Å². The van der Waals surface area contributed by atoms with Crippen LogP contribution in [0, 0.1) is 6.92 Å². The second kappa shape index (κ2) is 6.83. The summed E-state index contributed by atoms with van der Waals surface area (Å²) in [4.78, 5) is 0. The topological polar surface area (TPSA) is 59.2 Å². The van der Waals surface area contributed by atoms with Crippen molar-refractivity contribution in [2.75, 3.05) is 20.8 Å². The van der Waals surface area contributed by atoms with Gasteiger partial charge in [-0.1, -0.05) is 19.9 Å². The van der Waals surface area contributed by atoms with Crippen molar-refractivity contribution in [2.45, 2.75) is 32.7 Å². The van der Waals surface area contributed by atoms with Gasteiger partial charge in [0.1, 0.15) is 0 Å². The van der Waals surface area contributed by atoms with E-state index < -0.39 is 0 Å². The second-order valence-electron chi connectivity index (χ2n) is 6.08. The van der Waals surface area contributed by atoms with Gasteiger partial charge in [0, 0.05) is 29.8 Å². The van der Waals surface area contributed by atoms with Gasteiger partial charge in [0.15, 0.2) is 11.5 Å². The number of aromatic nitrogens is 2. The maximum atomic E-state index is 5.39. The van der Waals surface area contributed by atoms with Crippen molar-refractivity contribution in [3.8, 4) is 11.5 Å². The van der Waals surface area contributed by atoms with Crippen LogP contribution in [0.15, 0.2) is 24.4 Å². The molecule has 0 spiro atoms. The minimum absolute atomic E-state index is 0.0167. The predicted molar refractivity (Wildman–Crippen MR) is 87.6 cm³/mol. The summed E-state index contributed by atoms with van der Waals surface area (Å²) in [6, 6.07) is 6.09. The number of ether oxygens (including phenoxy) is 2. The summed E-state index contributed by atoms with van der Waals surface area (Å²) in [6.45, 7) is 8.11. The number of aromatic amines is 1. The lowest BCUT2D eigenvalue weighted by Gasteiger charge is -2.26. The number of nitrogens with one attached hydrogen (secondary N) is 2. The predicted octanol–water partition coefficient (Wildman–Crippen LogP) is 2.80. The van der Waals surface area contributed by atoms with E-state index in [0.717, 1.165) is 30.3 Å². The lowest BCUT2D eigenvalue weighted by Crippen LogP contribution is -2.32. The smallest absolute Gasteiger partial charge is 0.161 e. The number of nitrogens with zero attached hydrogens (tertiary/aromatic N) is 1. The number of aryl methyl sites for hydroxylation is 1. The molecule has 0 radical (unpaired) electrons. The van der Waals surface area contributed by atoms with Gasteiger partial charge in [0.05, 0.1) is 20.4 Å². The number of hydrogen-bond acceptors (Lipinski definition) is 4. The first-order valence-corrected chi connectivity index (χ1v) is 7.40. The van der Waals surface area contributed by atoms with Gasteiger partial charge in [-0.3, -0.25) is 5.10 Å². The summed E-state index contributed by atoms with van der Waals surface area (Å²) in [5, 5.41) is 10.5. The number of hydrogen-bond donors (Lipinski definition) is 2. The minimum atomic E-state index is -0.0167. The Morgan fingerprint density at radius 2 is 1.91 bits per heavy atom. The Morgan fingerprint density at radius 1 is 1.18 bits per heavy atom. The van der Waals surface area contributed by atoms with Crippen molar-refractivity contribution in [1.29, 1.82) is 0 Å². The molecule has 2 N–H and O–H groups in total. The Bertz CT molecular complexity index is 620. The molecule has 1 aromatic heterocycles.